The number of ketones is 1. The molecule has 0 fully saturated rings. The van der Waals surface area contributed by atoms with E-state index in [1.54, 1.807) is 24.3 Å². The smallest absolute Gasteiger partial charge is 0.261 e. The highest BCUT2D eigenvalue weighted by Crippen LogP contribution is 2.41. The summed E-state index contributed by atoms with van der Waals surface area (Å²) in [6.45, 7) is 0. The average molecular weight is 313 g/mol. The highest BCUT2D eigenvalue weighted by molar-refractivity contribution is 6.10. The lowest BCUT2D eigenvalue weighted by atomic mass is 9.88. The Kier molecular flexibility index (Phi) is 3.54. The van der Waals surface area contributed by atoms with Crippen molar-refractivity contribution in [1.82, 2.24) is 0 Å². The Hall–Kier alpha value is -2.86. The fourth-order valence-electron chi connectivity index (χ4n) is 2.66. The van der Waals surface area contributed by atoms with E-state index in [0.29, 0.717) is 11.4 Å². The molecule has 1 atom stereocenters. The van der Waals surface area contributed by atoms with Gasteiger partial charge < -0.3 is 20.3 Å². The number of Topliss-reactive ketones (excluding diaryl/α,β-unsaturated/α-hetero) is 1. The lowest BCUT2D eigenvalue weighted by molar-refractivity contribution is -0.133. The van der Waals surface area contributed by atoms with Crippen LogP contribution in [0.25, 0.3) is 0 Å². The molecule has 0 aromatic heterocycles. The number of phenols is 1. The van der Waals surface area contributed by atoms with Crippen LogP contribution in [0, 0.1) is 0 Å². The van der Waals surface area contributed by atoms with Crippen molar-refractivity contribution in [3.63, 3.8) is 0 Å². The number of methoxy groups -OCH3 is 1. The first-order valence-corrected chi connectivity index (χ1v) is 6.99. The average Bonchev–Trinajstić information content (AvgIpc) is 2.78. The molecule has 3 N–H and O–H groups in total. The van der Waals surface area contributed by atoms with Crippen molar-refractivity contribution in [2.75, 3.05) is 12.4 Å². The van der Waals surface area contributed by atoms with Crippen LogP contribution in [0.15, 0.2) is 42.5 Å². The molecule has 1 amide bonds. The fourth-order valence-corrected chi connectivity index (χ4v) is 2.66. The number of carbonyl (C=O) groups is 2. The number of benzene rings is 2. The van der Waals surface area contributed by atoms with Crippen LogP contribution in [-0.4, -0.2) is 29.0 Å². The van der Waals surface area contributed by atoms with Crippen LogP contribution in [-0.2, 0) is 10.4 Å². The number of fused-ring (bicyclic) bond motifs is 1. The van der Waals surface area contributed by atoms with E-state index in [-0.39, 0.29) is 16.9 Å². The van der Waals surface area contributed by atoms with E-state index in [0.717, 1.165) is 0 Å². The fraction of sp³-hybridized carbons (Fsp3) is 0.176. The summed E-state index contributed by atoms with van der Waals surface area (Å²) >= 11 is 0. The molecule has 0 radical (unpaired) electrons. The van der Waals surface area contributed by atoms with Crippen molar-refractivity contribution in [3.05, 3.63) is 53.6 Å². The van der Waals surface area contributed by atoms with Crippen molar-refractivity contribution >= 4 is 17.4 Å². The Morgan fingerprint density at radius 1 is 1.26 bits per heavy atom. The minimum atomic E-state index is -2.00. The molecule has 6 nitrogen and oxygen atoms in total. The van der Waals surface area contributed by atoms with Gasteiger partial charge in [0.2, 0.25) is 0 Å². The molecule has 0 aliphatic carbocycles. The van der Waals surface area contributed by atoms with Crippen molar-refractivity contribution in [2.24, 2.45) is 0 Å². The van der Waals surface area contributed by atoms with Gasteiger partial charge in [-0.05, 0) is 30.3 Å². The minimum Gasteiger partial charge on any atom is -0.507 e. The molecule has 1 aliphatic rings. The van der Waals surface area contributed by atoms with Crippen LogP contribution in [0.3, 0.4) is 0 Å². The molecule has 23 heavy (non-hydrogen) atoms. The van der Waals surface area contributed by atoms with Gasteiger partial charge in [-0.3, -0.25) is 9.59 Å². The van der Waals surface area contributed by atoms with Crippen molar-refractivity contribution < 1.29 is 24.5 Å². The number of hydrogen-bond donors (Lipinski definition) is 3. The lowest BCUT2D eigenvalue weighted by Crippen LogP contribution is -2.36. The summed E-state index contributed by atoms with van der Waals surface area (Å²) in [5.74, 6) is -0.931. The maximum absolute atomic E-state index is 12.4. The number of carbonyl (C=O) groups excluding carboxylic acids is 2. The van der Waals surface area contributed by atoms with Crippen molar-refractivity contribution in [1.29, 1.82) is 0 Å². The number of nitrogens with one attached hydrogen (secondary N) is 1. The summed E-state index contributed by atoms with van der Waals surface area (Å²) in [5.41, 5.74) is -1.22. The summed E-state index contributed by atoms with van der Waals surface area (Å²) in [7, 11) is 1.47. The Morgan fingerprint density at radius 2 is 2.00 bits per heavy atom. The maximum atomic E-state index is 12.4. The summed E-state index contributed by atoms with van der Waals surface area (Å²) in [5, 5.41) is 23.1. The molecule has 2 aromatic rings. The lowest BCUT2D eigenvalue weighted by Gasteiger charge is -2.20. The van der Waals surface area contributed by atoms with Gasteiger partial charge >= 0.3 is 0 Å². The van der Waals surface area contributed by atoms with E-state index < -0.39 is 23.7 Å². The van der Waals surface area contributed by atoms with Gasteiger partial charge in [0.05, 0.1) is 19.1 Å². The van der Waals surface area contributed by atoms with Crippen molar-refractivity contribution in [2.45, 2.75) is 12.0 Å². The van der Waals surface area contributed by atoms with Gasteiger partial charge in [-0.25, -0.2) is 0 Å². The Morgan fingerprint density at radius 3 is 2.70 bits per heavy atom. The number of hydrogen-bond acceptors (Lipinski definition) is 5. The maximum Gasteiger partial charge on any atom is 0.261 e. The molecule has 0 saturated heterocycles. The number of rotatable bonds is 4. The second kappa shape index (κ2) is 5.40. The minimum absolute atomic E-state index is 0.0603. The highest BCUT2D eigenvalue weighted by atomic mass is 16.5. The SMILES string of the molecule is COc1ccc2c(c1)C(O)(CC(=O)c1ccccc1O)C(=O)N2. The molecule has 118 valence electrons. The Balaban J connectivity index is 1.98. The number of anilines is 1. The topological polar surface area (TPSA) is 95.9 Å². The third-order valence-electron chi connectivity index (χ3n) is 3.92. The number of phenolic OH excluding ortho intramolecular Hbond substituents is 1. The van der Waals surface area contributed by atoms with Crippen LogP contribution in [0.1, 0.15) is 22.3 Å². The summed E-state index contributed by atoms with van der Waals surface area (Å²) in [6.07, 6.45) is -0.476. The van der Waals surface area contributed by atoms with Gasteiger partial charge in [-0.2, -0.15) is 0 Å². The molecule has 0 spiro atoms. The van der Waals surface area contributed by atoms with E-state index in [1.165, 1.54) is 25.3 Å². The molecule has 0 bridgehead atoms. The van der Waals surface area contributed by atoms with Crippen molar-refractivity contribution in [3.8, 4) is 11.5 Å². The highest BCUT2D eigenvalue weighted by Gasteiger charge is 2.47. The van der Waals surface area contributed by atoms with Gasteiger partial charge in [0.15, 0.2) is 11.4 Å². The van der Waals surface area contributed by atoms with E-state index in [9.17, 15) is 19.8 Å². The third kappa shape index (κ3) is 2.43. The van der Waals surface area contributed by atoms with Crippen LogP contribution < -0.4 is 10.1 Å². The summed E-state index contributed by atoms with van der Waals surface area (Å²) in [4.78, 5) is 24.6. The number of amides is 1. The zero-order chi connectivity index (χ0) is 16.6. The first kappa shape index (κ1) is 15.1. The molecule has 6 heteroatoms. The second-order valence-electron chi connectivity index (χ2n) is 5.34. The Labute approximate surface area is 132 Å². The Bertz CT molecular complexity index is 801. The predicted molar refractivity (Wildman–Crippen MR) is 82.6 cm³/mol. The zero-order valence-corrected chi connectivity index (χ0v) is 12.4. The number of ether oxygens (including phenoxy) is 1. The van der Waals surface area contributed by atoms with Gasteiger partial charge in [0.25, 0.3) is 5.91 Å². The van der Waals surface area contributed by atoms with E-state index in [4.69, 9.17) is 4.74 Å². The van der Waals surface area contributed by atoms with Gasteiger partial charge in [-0.15, -0.1) is 0 Å². The normalized spacial score (nSPS) is 19.1. The number of para-hydroxylation sites is 1. The van der Waals surface area contributed by atoms with E-state index in [1.807, 2.05) is 0 Å². The monoisotopic (exact) mass is 313 g/mol. The third-order valence-corrected chi connectivity index (χ3v) is 3.92. The molecule has 1 heterocycles. The largest absolute Gasteiger partial charge is 0.507 e. The quantitative estimate of drug-likeness (QED) is 0.748. The number of aromatic hydroxyl groups is 1. The molecule has 3 rings (SSSR count). The molecule has 2 aromatic carbocycles. The molecule has 1 aliphatic heterocycles. The summed E-state index contributed by atoms with van der Waals surface area (Å²) in [6, 6.07) is 10.8. The molecule has 0 saturated carbocycles. The first-order chi connectivity index (χ1) is 11.0. The van der Waals surface area contributed by atoms with Gasteiger partial charge in [0, 0.05) is 11.3 Å². The molecular weight excluding hydrogens is 298 g/mol. The molecular formula is C17H15NO5. The van der Waals surface area contributed by atoms with E-state index >= 15 is 0 Å². The molecule has 1 unspecified atom stereocenters. The van der Waals surface area contributed by atoms with Gasteiger partial charge in [-0.1, -0.05) is 12.1 Å². The zero-order valence-electron chi connectivity index (χ0n) is 12.4. The van der Waals surface area contributed by atoms with Crippen LogP contribution in [0.5, 0.6) is 11.5 Å². The van der Waals surface area contributed by atoms with Crippen LogP contribution in [0.4, 0.5) is 5.69 Å². The summed E-state index contributed by atoms with van der Waals surface area (Å²) < 4.78 is 5.10. The van der Waals surface area contributed by atoms with Crippen LogP contribution in [0.2, 0.25) is 0 Å². The van der Waals surface area contributed by atoms with Crippen LogP contribution >= 0.6 is 0 Å². The number of aliphatic hydroxyl groups is 1. The second-order valence-corrected chi connectivity index (χ2v) is 5.34. The standard InChI is InChI=1S/C17H15NO5/c1-23-10-6-7-13-12(8-10)17(22,16(21)18-13)9-15(20)11-4-2-3-5-14(11)19/h2-8,19,22H,9H2,1H3,(H,18,21). The van der Waals surface area contributed by atoms with E-state index in [2.05, 4.69) is 5.32 Å². The van der Waals surface area contributed by atoms with Gasteiger partial charge in [0.1, 0.15) is 11.5 Å². The first-order valence-electron chi connectivity index (χ1n) is 6.99. The predicted octanol–water partition coefficient (Wildman–Crippen LogP) is 1.81.